The first-order chi connectivity index (χ1) is 20.7. The molecule has 1 amide bonds. The van der Waals surface area contributed by atoms with Gasteiger partial charge < -0.3 is 9.80 Å². The number of fused-ring (bicyclic) bond motifs is 5. The lowest BCUT2D eigenvalue weighted by Crippen LogP contribution is -2.54. The van der Waals surface area contributed by atoms with Gasteiger partial charge in [-0.1, -0.05) is 38.1 Å². The average molecular weight is 637 g/mol. The first-order valence-corrected chi connectivity index (χ1v) is 16.4. The van der Waals surface area contributed by atoms with Crippen molar-refractivity contribution in [2.45, 2.75) is 42.5 Å². The summed E-state index contributed by atoms with van der Waals surface area (Å²) in [6.07, 6.45) is 3.07. The molecular weight excluding hydrogens is 607 g/mol. The number of halogens is 2. The Balaban J connectivity index is 1.68. The fourth-order valence-electron chi connectivity index (χ4n) is 5.68. The van der Waals surface area contributed by atoms with Gasteiger partial charge in [-0.25, -0.2) is 18.7 Å². The van der Waals surface area contributed by atoms with E-state index in [1.54, 1.807) is 46.8 Å². The van der Waals surface area contributed by atoms with Gasteiger partial charge in [0, 0.05) is 53.2 Å². The van der Waals surface area contributed by atoms with Crippen molar-refractivity contribution in [3.8, 4) is 16.9 Å². The Morgan fingerprint density at radius 2 is 1.93 bits per heavy atom. The predicted octanol–water partition coefficient (Wildman–Crippen LogP) is 6.18. The number of pyridine rings is 2. The number of benzene rings is 1. The molecular formula is C31H30ClFN6O2S2. The van der Waals surface area contributed by atoms with Crippen molar-refractivity contribution >= 4 is 57.9 Å². The van der Waals surface area contributed by atoms with Gasteiger partial charge in [-0.15, -0.1) is 23.5 Å². The molecule has 0 saturated carbocycles. The number of piperazine rings is 1. The maximum Gasteiger partial charge on any atom is 0.355 e. The molecule has 1 saturated heterocycles. The molecule has 5 heterocycles. The minimum Gasteiger partial charge on any atom is -0.350 e. The minimum atomic E-state index is -0.517. The SMILES string of the molecule is C=CC(=O)N1CCN(c2nc(=O)n3c4nc(c(Cl)cc24)-c2c(F)cccc2SCCSc2ccnc(C(C)C)c2-3)[C@@H](C)C1. The van der Waals surface area contributed by atoms with Crippen LogP contribution in [-0.2, 0) is 4.79 Å². The summed E-state index contributed by atoms with van der Waals surface area (Å²) >= 11 is 10.1. The molecule has 2 aliphatic rings. The molecule has 0 unspecified atom stereocenters. The number of anilines is 1. The second kappa shape index (κ2) is 11.9. The highest BCUT2D eigenvalue weighted by molar-refractivity contribution is 8.03. The van der Waals surface area contributed by atoms with E-state index in [1.807, 2.05) is 37.8 Å². The smallest absolute Gasteiger partial charge is 0.350 e. The number of hydrogen-bond donors (Lipinski definition) is 0. The van der Waals surface area contributed by atoms with Crippen LogP contribution in [0.2, 0.25) is 5.02 Å². The lowest BCUT2D eigenvalue weighted by molar-refractivity contribution is -0.126. The van der Waals surface area contributed by atoms with E-state index in [4.69, 9.17) is 16.6 Å². The molecule has 1 atom stereocenters. The number of hydrogen-bond acceptors (Lipinski definition) is 8. The number of amides is 1. The molecule has 2 bridgehead atoms. The zero-order valence-electron chi connectivity index (χ0n) is 24.0. The minimum absolute atomic E-state index is 0.0000970. The van der Waals surface area contributed by atoms with Gasteiger partial charge in [-0.2, -0.15) is 4.98 Å². The van der Waals surface area contributed by atoms with Crippen LogP contribution < -0.4 is 10.6 Å². The summed E-state index contributed by atoms with van der Waals surface area (Å²) in [6.45, 7) is 11.0. The zero-order valence-corrected chi connectivity index (χ0v) is 26.4. The summed E-state index contributed by atoms with van der Waals surface area (Å²) in [5.74, 6) is 1.27. The second-order valence-corrected chi connectivity index (χ2v) is 13.5. The van der Waals surface area contributed by atoms with E-state index >= 15 is 4.39 Å². The predicted molar refractivity (Wildman–Crippen MR) is 172 cm³/mol. The summed E-state index contributed by atoms with van der Waals surface area (Å²) in [7, 11) is 0. The second-order valence-electron chi connectivity index (χ2n) is 10.8. The van der Waals surface area contributed by atoms with Gasteiger partial charge in [0.2, 0.25) is 5.91 Å². The number of aromatic nitrogens is 4. The van der Waals surface area contributed by atoms with E-state index in [-0.39, 0.29) is 28.6 Å². The Bertz CT molecular complexity index is 1830. The Kier molecular flexibility index (Phi) is 8.23. The van der Waals surface area contributed by atoms with Crippen LogP contribution in [0.15, 0.2) is 63.8 Å². The van der Waals surface area contributed by atoms with Crippen molar-refractivity contribution in [3.05, 3.63) is 76.2 Å². The lowest BCUT2D eigenvalue weighted by Gasteiger charge is -2.40. The number of carbonyl (C=O) groups is 1. The summed E-state index contributed by atoms with van der Waals surface area (Å²) < 4.78 is 17.0. The molecule has 43 heavy (non-hydrogen) atoms. The van der Waals surface area contributed by atoms with Crippen LogP contribution in [0, 0.1) is 5.82 Å². The first-order valence-electron chi connectivity index (χ1n) is 14.0. The van der Waals surface area contributed by atoms with E-state index < -0.39 is 11.5 Å². The van der Waals surface area contributed by atoms with Crippen LogP contribution in [0.1, 0.15) is 32.4 Å². The van der Waals surface area contributed by atoms with Crippen molar-refractivity contribution in [2.75, 3.05) is 36.0 Å². The largest absolute Gasteiger partial charge is 0.355 e. The molecule has 1 fully saturated rings. The molecule has 1 aromatic carbocycles. The Hall–Kier alpha value is -3.41. The van der Waals surface area contributed by atoms with Crippen LogP contribution in [-0.4, -0.2) is 67.5 Å². The van der Waals surface area contributed by atoms with Gasteiger partial charge in [-0.05, 0) is 43.2 Å². The molecule has 8 nitrogen and oxygen atoms in total. The molecule has 0 N–H and O–H groups in total. The third-order valence-electron chi connectivity index (χ3n) is 7.68. The van der Waals surface area contributed by atoms with Gasteiger partial charge in [0.15, 0.2) is 5.65 Å². The highest BCUT2D eigenvalue weighted by Gasteiger charge is 2.31. The summed E-state index contributed by atoms with van der Waals surface area (Å²) in [5.41, 5.74) is 1.75. The molecule has 0 spiro atoms. The van der Waals surface area contributed by atoms with Gasteiger partial charge >= 0.3 is 5.69 Å². The Labute approximate surface area is 262 Å². The van der Waals surface area contributed by atoms with Gasteiger partial charge in [0.05, 0.1) is 33.0 Å². The van der Waals surface area contributed by atoms with Crippen molar-refractivity contribution < 1.29 is 9.18 Å². The van der Waals surface area contributed by atoms with Crippen LogP contribution >= 0.6 is 35.1 Å². The first kappa shape index (κ1) is 29.7. The van der Waals surface area contributed by atoms with E-state index in [0.717, 1.165) is 21.2 Å². The zero-order chi connectivity index (χ0) is 30.4. The molecule has 6 rings (SSSR count). The quantitative estimate of drug-likeness (QED) is 0.247. The van der Waals surface area contributed by atoms with Crippen molar-refractivity contribution in [1.29, 1.82) is 0 Å². The lowest BCUT2D eigenvalue weighted by atomic mass is 10.1. The van der Waals surface area contributed by atoms with Crippen LogP contribution in [0.25, 0.3) is 28.0 Å². The number of carbonyl (C=O) groups excluding carboxylic acids is 1. The van der Waals surface area contributed by atoms with Crippen LogP contribution in [0.4, 0.5) is 10.2 Å². The molecule has 0 aliphatic carbocycles. The molecule has 3 aromatic heterocycles. The standard InChI is InChI=1S/C31H30ClFN6O2S2/c1-5-24(40)37-11-12-38(18(4)16-37)29-19-15-20(32)27-25-21(33)7-6-8-22(25)42-13-14-43-23-9-10-34-26(17(2)3)28(23)39(30(19)35-27)31(41)36-29/h5-10,15,17-18H,1,11-14,16H2,2-4H3/t18-/m0/s1. The van der Waals surface area contributed by atoms with Crippen molar-refractivity contribution in [2.24, 2.45) is 0 Å². The highest BCUT2D eigenvalue weighted by Crippen LogP contribution is 2.41. The van der Waals surface area contributed by atoms with Gasteiger partial charge in [-0.3, -0.25) is 9.78 Å². The number of nitrogens with zero attached hydrogens (tertiary/aromatic N) is 6. The summed E-state index contributed by atoms with van der Waals surface area (Å²) in [4.78, 5) is 46.2. The van der Waals surface area contributed by atoms with E-state index in [1.165, 1.54) is 16.7 Å². The summed E-state index contributed by atoms with van der Waals surface area (Å²) in [6, 6.07) is 8.44. The molecule has 222 valence electrons. The van der Waals surface area contributed by atoms with Crippen molar-refractivity contribution in [1.82, 2.24) is 24.4 Å². The summed E-state index contributed by atoms with van der Waals surface area (Å²) in [5, 5.41) is 0.809. The fraction of sp³-hybridized carbons (Fsp3) is 0.323. The van der Waals surface area contributed by atoms with Crippen molar-refractivity contribution in [3.63, 3.8) is 0 Å². The average Bonchev–Trinajstić information content (AvgIpc) is 2.98. The van der Waals surface area contributed by atoms with Gasteiger partial charge in [0.25, 0.3) is 0 Å². The molecule has 4 aromatic rings. The Morgan fingerprint density at radius 1 is 1.16 bits per heavy atom. The maximum absolute atomic E-state index is 15.5. The maximum atomic E-state index is 15.5. The van der Waals surface area contributed by atoms with Crippen LogP contribution in [0.5, 0.6) is 0 Å². The normalized spacial score (nSPS) is 16.9. The highest BCUT2D eigenvalue weighted by atomic mass is 35.5. The van der Waals surface area contributed by atoms with E-state index in [9.17, 15) is 9.59 Å². The fourth-order valence-corrected chi connectivity index (χ4v) is 8.03. The number of thioether (sulfide) groups is 2. The Morgan fingerprint density at radius 3 is 2.65 bits per heavy atom. The monoisotopic (exact) mass is 636 g/mol. The number of rotatable bonds is 3. The van der Waals surface area contributed by atoms with E-state index in [0.29, 0.717) is 53.5 Å². The van der Waals surface area contributed by atoms with Crippen LogP contribution in [0.3, 0.4) is 0 Å². The topological polar surface area (TPSA) is 84.2 Å². The van der Waals surface area contributed by atoms with Gasteiger partial charge in [0.1, 0.15) is 11.6 Å². The van der Waals surface area contributed by atoms with E-state index in [2.05, 4.69) is 16.5 Å². The third-order valence-corrected chi connectivity index (χ3v) is 10.3. The molecule has 2 aliphatic heterocycles. The molecule has 0 radical (unpaired) electrons. The molecule has 12 heteroatoms. The third kappa shape index (κ3) is 5.32.